The number of carbonyl (C=O) groups is 1. The standard InChI is InChI=1S/C10H16O2/c1-8(2)6-9(11)7-10-4-3-5-12-10/h6,10H,3-5,7H2,1-2H3. The van der Waals surface area contributed by atoms with Gasteiger partial charge in [0.05, 0.1) is 6.10 Å². The molecular weight excluding hydrogens is 152 g/mol. The third-order valence-electron chi connectivity index (χ3n) is 1.90. The molecule has 0 amide bonds. The maximum atomic E-state index is 11.3. The van der Waals surface area contributed by atoms with E-state index >= 15 is 0 Å². The largest absolute Gasteiger partial charge is 0.378 e. The summed E-state index contributed by atoms with van der Waals surface area (Å²) >= 11 is 0. The van der Waals surface area contributed by atoms with E-state index in [0.717, 1.165) is 25.0 Å². The molecule has 0 aliphatic carbocycles. The lowest BCUT2D eigenvalue weighted by atomic mass is 10.1. The summed E-state index contributed by atoms with van der Waals surface area (Å²) in [6, 6.07) is 0. The Balaban J connectivity index is 2.30. The topological polar surface area (TPSA) is 26.3 Å². The van der Waals surface area contributed by atoms with Crippen LogP contribution in [0.2, 0.25) is 0 Å². The first-order valence-corrected chi connectivity index (χ1v) is 4.48. The van der Waals surface area contributed by atoms with Crippen LogP contribution < -0.4 is 0 Å². The van der Waals surface area contributed by atoms with Crippen molar-refractivity contribution in [3.63, 3.8) is 0 Å². The summed E-state index contributed by atoms with van der Waals surface area (Å²) in [5, 5.41) is 0. The number of carbonyl (C=O) groups excluding carboxylic acids is 1. The Morgan fingerprint density at radius 2 is 2.33 bits per heavy atom. The van der Waals surface area contributed by atoms with E-state index in [9.17, 15) is 4.79 Å². The van der Waals surface area contributed by atoms with Gasteiger partial charge in [-0.2, -0.15) is 0 Å². The number of allylic oxidation sites excluding steroid dienone is 2. The van der Waals surface area contributed by atoms with Crippen LogP contribution in [0.3, 0.4) is 0 Å². The average molecular weight is 168 g/mol. The molecular formula is C10H16O2. The third-order valence-corrected chi connectivity index (χ3v) is 1.90. The quantitative estimate of drug-likeness (QED) is 0.603. The second-order valence-electron chi connectivity index (χ2n) is 3.53. The monoisotopic (exact) mass is 168 g/mol. The molecule has 68 valence electrons. The van der Waals surface area contributed by atoms with Gasteiger partial charge in [-0.1, -0.05) is 5.57 Å². The van der Waals surface area contributed by atoms with Crippen LogP contribution >= 0.6 is 0 Å². The summed E-state index contributed by atoms with van der Waals surface area (Å²) in [6.45, 7) is 4.70. The molecule has 1 aliphatic heterocycles. The Kier molecular flexibility index (Phi) is 3.48. The highest BCUT2D eigenvalue weighted by atomic mass is 16.5. The van der Waals surface area contributed by atoms with Crippen molar-refractivity contribution in [3.8, 4) is 0 Å². The van der Waals surface area contributed by atoms with Crippen molar-refractivity contribution in [2.75, 3.05) is 6.61 Å². The van der Waals surface area contributed by atoms with Crippen molar-refractivity contribution in [3.05, 3.63) is 11.6 Å². The van der Waals surface area contributed by atoms with E-state index in [2.05, 4.69) is 0 Å². The van der Waals surface area contributed by atoms with Gasteiger partial charge in [0.25, 0.3) is 0 Å². The van der Waals surface area contributed by atoms with E-state index in [0.29, 0.717) is 6.42 Å². The molecule has 0 aromatic heterocycles. The molecule has 2 heteroatoms. The summed E-state index contributed by atoms with van der Waals surface area (Å²) in [6.07, 6.45) is 4.59. The van der Waals surface area contributed by atoms with E-state index in [1.165, 1.54) is 0 Å². The van der Waals surface area contributed by atoms with Crippen LogP contribution in [0.4, 0.5) is 0 Å². The Labute approximate surface area is 73.6 Å². The number of rotatable bonds is 3. The molecule has 0 aromatic carbocycles. The van der Waals surface area contributed by atoms with E-state index in [-0.39, 0.29) is 11.9 Å². The second-order valence-corrected chi connectivity index (χ2v) is 3.53. The first kappa shape index (κ1) is 9.46. The van der Waals surface area contributed by atoms with Gasteiger partial charge in [-0.3, -0.25) is 4.79 Å². The van der Waals surface area contributed by atoms with Crippen LogP contribution in [0.25, 0.3) is 0 Å². The van der Waals surface area contributed by atoms with Crippen molar-refractivity contribution in [1.29, 1.82) is 0 Å². The van der Waals surface area contributed by atoms with Gasteiger partial charge in [0.2, 0.25) is 0 Å². The lowest BCUT2D eigenvalue weighted by Crippen LogP contribution is -2.10. The first-order valence-electron chi connectivity index (χ1n) is 4.48. The summed E-state index contributed by atoms with van der Waals surface area (Å²) in [5.74, 6) is 0.196. The highest BCUT2D eigenvalue weighted by Gasteiger charge is 2.17. The van der Waals surface area contributed by atoms with Crippen LogP contribution in [-0.2, 0) is 9.53 Å². The Hall–Kier alpha value is -0.630. The summed E-state index contributed by atoms with van der Waals surface area (Å²) in [4.78, 5) is 11.3. The van der Waals surface area contributed by atoms with Crippen molar-refractivity contribution in [2.24, 2.45) is 0 Å². The Bertz CT molecular complexity index is 184. The molecule has 0 saturated carbocycles. The molecule has 1 rings (SSSR count). The molecule has 1 heterocycles. The first-order chi connectivity index (χ1) is 5.68. The highest BCUT2D eigenvalue weighted by molar-refractivity contribution is 5.90. The normalized spacial score (nSPS) is 22.3. The minimum Gasteiger partial charge on any atom is -0.378 e. The zero-order valence-corrected chi connectivity index (χ0v) is 7.80. The molecule has 0 radical (unpaired) electrons. The molecule has 0 bridgehead atoms. The van der Waals surface area contributed by atoms with E-state index < -0.39 is 0 Å². The molecule has 1 aliphatic rings. The predicted octanol–water partition coefficient (Wildman–Crippen LogP) is 2.09. The fourth-order valence-electron chi connectivity index (χ4n) is 1.41. The van der Waals surface area contributed by atoms with Gasteiger partial charge in [0, 0.05) is 13.0 Å². The van der Waals surface area contributed by atoms with Gasteiger partial charge in [-0.15, -0.1) is 0 Å². The van der Waals surface area contributed by atoms with Gasteiger partial charge < -0.3 is 4.74 Å². The fourth-order valence-corrected chi connectivity index (χ4v) is 1.41. The van der Waals surface area contributed by atoms with E-state index in [1.807, 2.05) is 13.8 Å². The van der Waals surface area contributed by atoms with Crippen LogP contribution in [0, 0.1) is 0 Å². The Morgan fingerprint density at radius 1 is 1.58 bits per heavy atom. The number of ether oxygens (including phenoxy) is 1. The summed E-state index contributed by atoms with van der Waals surface area (Å²) in [7, 11) is 0. The average Bonchev–Trinajstić information content (AvgIpc) is 2.37. The van der Waals surface area contributed by atoms with Crippen molar-refractivity contribution in [1.82, 2.24) is 0 Å². The number of ketones is 1. The van der Waals surface area contributed by atoms with Crippen molar-refractivity contribution in [2.45, 2.75) is 39.2 Å². The zero-order valence-electron chi connectivity index (χ0n) is 7.80. The fraction of sp³-hybridized carbons (Fsp3) is 0.700. The Morgan fingerprint density at radius 3 is 2.83 bits per heavy atom. The van der Waals surface area contributed by atoms with Gasteiger partial charge in [0.1, 0.15) is 0 Å². The maximum Gasteiger partial charge on any atom is 0.158 e. The van der Waals surface area contributed by atoms with Gasteiger partial charge in [0.15, 0.2) is 5.78 Å². The van der Waals surface area contributed by atoms with Crippen LogP contribution in [-0.4, -0.2) is 18.5 Å². The molecule has 0 N–H and O–H groups in total. The maximum absolute atomic E-state index is 11.3. The molecule has 0 aromatic rings. The zero-order chi connectivity index (χ0) is 8.97. The predicted molar refractivity (Wildman–Crippen MR) is 48.0 cm³/mol. The molecule has 1 atom stereocenters. The third kappa shape index (κ3) is 3.18. The van der Waals surface area contributed by atoms with Crippen LogP contribution in [0.15, 0.2) is 11.6 Å². The molecule has 1 saturated heterocycles. The number of hydrogen-bond donors (Lipinski definition) is 0. The number of hydrogen-bond acceptors (Lipinski definition) is 2. The van der Waals surface area contributed by atoms with Crippen molar-refractivity contribution < 1.29 is 9.53 Å². The second kappa shape index (κ2) is 4.41. The van der Waals surface area contributed by atoms with E-state index in [1.54, 1.807) is 6.08 Å². The van der Waals surface area contributed by atoms with Crippen LogP contribution in [0.1, 0.15) is 33.1 Å². The van der Waals surface area contributed by atoms with Gasteiger partial charge in [-0.05, 0) is 32.8 Å². The van der Waals surface area contributed by atoms with Gasteiger partial charge >= 0.3 is 0 Å². The molecule has 0 spiro atoms. The summed E-state index contributed by atoms with van der Waals surface area (Å²) < 4.78 is 5.36. The SMILES string of the molecule is CC(C)=CC(=O)CC1CCCO1. The smallest absolute Gasteiger partial charge is 0.158 e. The minimum absolute atomic E-state index is 0.188. The molecule has 1 fully saturated rings. The van der Waals surface area contributed by atoms with Gasteiger partial charge in [-0.25, -0.2) is 0 Å². The lowest BCUT2D eigenvalue weighted by Gasteiger charge is -2.05. The molecule has 2 nitrogen and oxygen atoms in total. The highest BCUT2D eigenvalue weighted by Crippen LogP contribution is 2.15. The molecule has 12 heavy (non-hydrogen) atoms. The van der Waals surface area contributed by atoms with Crippen molar-refractivity contribution >= 4 is 5.78 Å². The summed E-state index contributed by atoms with van der Waals surface area (Å²) in [5.41, 5.74) is 1.07. The lowest BCUT2D eigenvalue weighted by molar-refractivity contribution is -0.116. The molecule has 1 unspecified atom stereocenters. The van der Waals surface area contributed by atoms with E-state index in [4.69, 9.17) is 4.74 Å². The minimum atomic E-state index is 0.188. The van der Waals surface area contributed by atoms with Crippen LogP contribution in [0.5, 0.6) is 0 Å².